The number of rotatable bonds is 5. The van der Waals surface area contributed by atoms with Crippen molar-refractivity contribution in [3.8, 4) is 0 Å². The van der Waals surface area contributed by atoms with Gasteiger partial charge in [-0.15, -0.1) is 23.1 Å². The van der Waals surface area contributed by atoms with Crippen LogP contribution in [0.2, 0.25) is 0 Å². The first kappa shape index (κ1) is 16.0. The highest BCUT2D eigenvalue weighted by molar-refractivity contribution is 7.99. The number of esters is 1. The summed E-state index contributed by atoms with van der Waals surface area (Å²) in [4.78, 5) is 19.3. The van der Waals surface area contributed by atoms with Gasteiger partial charge in [-0.3, -0.25) is 0 Å². The normalized spacial score (nSPS) is 11.1. The summed E-state index contributed by atoms with van der Waals surface area (Å²) in [6, 6.07) is 14.1. The van der Waals surface area contributed by atoms with Gasteiger partial charge < -0.3 is 4.74 Å². The molecule has 3 aromatic rings. The maximum atomic E-state index is 12.4. The van der Waals surface area contributed by atoms with Crippen LogP contribution in [0.5, 0.6) is 0 Å². The van der Waals surface area contributed by atoms with Gasteiger partial charge in [-0.1, -0.05) is 30.3 Å². The van der Waals surface area contributed by atoms with Gasteiger partial charge in [0.05, 0.1) is 6.10 Å². The molecule has 3 nitrogen and oxygen atoms in total. The van der Waals surface area contributed by atoms with Crippen molar-refractivity contribution in [2.45, 2.75) is 30.6 Å². The Morgan fingerprint density at radius 3 is 2.74 bits per heavy atom. The molecule has 3 rings (SSSR count). The Hall–Kier alpha value is -1.85. The monoisotopic (exact) mass is 343 g/mol. The van der Waals surface area contributed by atoms with E-state index in [-0.39, 0.29) is 12.1 Å². The van der Waals surface area contributed by atoms with Crippen molar-refractivity contribution >= 4 is 39.3 Å². The van der Waals surface area contributed by atoms with Crippen LogP contribution < -0.4 is 0 Å². The minimum absolute atomic E-state index is 0.132. The number of carbonyl (C=O) groups excluding carboxylic acids is 1. The number of ether oxygens (including phenoxy) is 1. The molecule has 2 heterocycles. The topological polar surface area (TPSA) is 39.2 Å². The van der Waals surface area contributed by atoms with Crippen LogP contribution >= 0.6 is 23.1 Å². The van der Waals surface area contributed by atoms with Crippen molar-refractivity contribution in [1.29, 1.82) is 0 Å². The van der Waals surface area contributed by atoms with Crippen molar-refractivity contribution in [3.05, 3.63) is 59.1 Å². The summed E-state index contributed by atoms with van der Waals surface area (Å²) >= 11 is 3.06. The third-order valence-electron chi connectivity index (χ3n) is 3.17. The zero-order valence-corrected chi connectivity index (χ0v) is 14.6. The Labute approximate surface area is 143 Å². The van der Waals surface area contributed by atoms with Gasteiger partial charge >= 0.3 is 5.97 Å². The summed E-state index contributed by atoms with van der Waals surface area (Å²) in [5.41, 5.74) is 1.23. The summed E-state index contributed by atoms with van der Waals surface area (Å²) in [7, 11) is 0. The summed E-state index contributed by atoms with van der Waals surface area (Å²) in [5, 5.41) is 1.02. The number of nitrogens with zero attached hydrogens (tertiary/aromatic N) is 1. The molecular formula is C18H17NO2S2. The molecule has 0 spiro atoms. The summed E-state index contributed by atoms with van der Waals surface area (Å²) < 4.78 is 5.39. The van der Waals surface area contributed by atoms with Crippen LogP contribution in [0, 0.1) is 0 Å². The van der Waals surface area contributed by atoms with Crippen LogP contribution in [-0.4, -0.2) is 17.1 Å². The molecule has 0 unspecified atom stereocenters. The number of hydrogen-bond acceptors (Lipinski definition) is 5. The van der Waals surface area contributed by atoms with Gasteiger partial charge in [0.2, 0.25) is 0 Å². The molecule has 0 N–H and O–H groups in total. The molecule has 0 aliphatic rings. The summed E-state index contributed by atoms with van der Waals surface area (Å²) in [6.45, 7) is 3.72. The van der Waals surface area contributed by atoms with Gasteiger partial charge in [0.1, 0.15) is 9.71 Å². The number of fused-ring (bicyclic) bond motifs is 1. The lowest BCUT2D eigenvalue weighted by Gasteiger charge is -2.08. The average molecular weight is 343 g/mol. The highest BCUT2D eigenvalue weighted by atomic mass is 32.2. The van der Waals surface area contributed by atoms with E-state index >= 15 is 0 Å². The molecular weight excluding hydrogens is 326 g/mol. The Morgan fingerprint density at radius 1 is 1.22 bits per heavy atom. The largest absolute Gasteiger partial charge is 0.459 e. The Kier molecular flexibility index (Phi) is 4.98. The van der Waals surface area contributed by atoms with Crippen LogP contribution in [0.4, 0.5) is 0 Å². The zero-order chi connectivity index (χ0) is 16.2. The molecule has 5 heteroatoms. The van der Waals surface area contributed by atoms with E-state index in [1.807, 2.05) is 44.2 Å². The lowest BCUT2D eigenvalue weighted by Crippen LogP contribution is -2.10. The standard InChI is InChI=1S/C18H17NO2S2/c1-12(2)21-18(20)16-15(14-9-6-10-19-17(14)23-16)22-11-13-7-4-3-5-8-13/h3-10,12H,11H2,1-2H3. The SMILES string of the molecule is CC(C)OC(=O)c1sc2ncccc2c1SCc1ccccc1. The molecule has 0 atom stereocenters. The number of hydrogen-bond donors (Lipinski definition) is 0. The number of benzene rings is 1. The third-order valence-corrected chi connectivity index (χ3v) is 5.59. The smallest absolute Gasteiger partial charge is 0.349 e. The van der Waals surface area contributed by atoms with Crippen LogP contribution in [0.3, 0.4) is 0 Å². The lowest BCUT2D eigenvalue weighted by atomic mass is 10.2. The Bertz CT molecular complexity index is 812. The van der Waals surface area contributed by atoms with Crippen LogP contribution in [0.25, 0.3) is 10.2 Å². The summed E-state index contributed by atoms with van der Waals surface area (Å²) in [6.07, 6.45) is 1.62. The van der Waals surface area contributed by atoms with Gasteiger partial charge in [0, 0.05) is 22.2 Å². The molecule has 0 saturated heterocycles. The zero-order valence-electron chi connectivity index (χ0n) is 13.0. The highest BCUT2D eigenvalue weighted by Crippen LogP contribution is 2.39. The Morgan fingerprint density at radius 2 is 2.00 bits per heavy atom. The van der Waals surface area contributed by atoms with Crippen molar-refractivity contribution in [1.82, 2.24) is 4.98 Å². The van der Waals surface area contributed by atoms with Gasteiger partial charge in [0.25, 0.3) is 0 Å². The van der Waals surface area contributed by atoms with E-state index in [1.165, 1.54) is 16.9 Å². The molecule has 23 heavy (non-hydrogen) atoms. The number of thioether (sulfide) groups is 1. The second kappa shape index (κ2) is 7.15. The maximum Gasteiger partial charge on any atom is 0.349 e. The van der Waals surface area contributed by atoms with E-state index < -0.39 is 0 Å². The van der Waals surface area contributed by atoms with E-state index in [4.69, 9.17) is 4.74 Å². The van der Waals surface area contributed by atoms with Crippen LogP contribution in [0.15, 0.2) is 53.6 Å². The minimum atomic E-state index is -0.265. The molecule has 0 amide bonds. The molecule has 0 saturated carbocycles. The van der Waals surface area contributed by atoms with Gasteiger partial charge in [0.15, 0.2) is 0 Å². The fourth-order valence-electron chi connectivity index (χ4n) is 2.19. The minimum Gasteiger partial charge on any atom is -0.459 e. The molecule has 0 aliphatic heterocycles. The molecule has 0 aliphatic carbocycles. The molecule has 118 valence electrons. The fraction of sp³-hybridized carbons (Fsp3) is 0.222. The predicted molar refractivity (Wildman–Crippen MR) is 96.2 cm³/mol. The lowest BCUT2D eigenvalue weighted by molar-refractivity contribution is 0.0380. The second-order valence-corrected chi connectivity index (χ2v) is 7.33. The van der Waals surface area contributed by atoms with Crippen molar-refractivity contribution in [2.24, 2.45) is 0 Å². The fourth-order valence-corrected chi connectivity index (χ4v) is 4.51. The highest BCUT2D eigenvalue weighted by Gasteiger charge is 2.21. The molecule has 0 bridgehead atoms. The van der Waals surface area contributed by atoms with Gasteiger partial charge in [-0.05, 0) is 31.5 Å². The van der Waals surface area contributed by atoms with Crippen LogP contribution in [-0.2, 0) is 10.5 Å². The van der Waals surface area contributed by atoms with Crippen LogP contribution in [0.1, 0.15) is 29.1 Å². The number of thiophene rings is 1. The van der Waals surface area contributed by atoms with Crippen molar-refractivity contribution < 1.29 is 9.53 Å². The average Bonchev–Trinajstić information content (AvgIpc) is 2.92. The maximum absolute atomic E-state index is 12.4. The number of carbonyl (C=O) groups is 1. The molecule has 0 radical (unpaired) electrons. The first-order valence-corrected chi connectivity index (χ1v) is 9.20. The predicted octanol–water partition coefficient (Wildman–Crippen LogP) is 5.15. The van der Waals surface area contributed by atoms with Gasteiger partial charge in [-0.2, -0.15) is 0 Å². The first-order valence-electron chi connectivity index (χ1n) is 7.40. The van der Waals surface area contributed by atoms with E-state index in [2.05, 4.69) is 17.1 Å². The summed E-state index contributed by atoms with van der Waals surface area (Å²) in [5.74, 6) is 0.544. The molecule has 1 aromatic carbocycles. The van der Waals surface area contributed by atoms with E-state index in [9.17, 15) is 4.79 Å². The quantitative estimate of drug-likeness (QED) is 0.474. The van der Waals surface area contributed by atoms with Crippen molar-refractivity contribution in [2.75, 3.05) is 0 Å². The molecule has 2 aromatic heterocycles. The molecule has 0 fully saturated rings. The number of aromatic nitrogens is 1. The van der Waals surface area contributed by atoms with Gasteiger partial charge in [-0.25, -0.2) is 9.78 Å². The Balaban J connectivity index is 1.94. The first-order chi connectivity index (χ1) is 11.1. The number of pyridine rings is 1. The van der Waals surface area contributed by atoms with E-state index in [0.717, 1.165) is 20.9 Å². The van der Waals surface area contributed by atoms with Crippen molar-refractivity contribution in [3.63, 3.8) is 0 Å². The second-order valence-electron chi connectivity index (χ2n) is 5.34. The third kappa shape index (κ3) is 3.74. The van der Waals surface area contributed by atoms with E-state index in [0.29, 0.717) is 4.88 Å². The van der Waals surface area contributed by atoms with E-state index in [1.54, 1.807) is 18.0 Å².